The van der Waals surface area contributed by atoms with Gasteiger partial charge in [0.2, 0.25) is 0 Å². The molecule has 0 aliphatic rings. The van der Waals surface area contributed by atoms with Crippen LogP contribution in [0.1, 0.15) is 16.5 Å². The van der Waals surface area contributed by atoms with E-state index in [2.05, 4.69) is 4.98 Å². The first kappa shape index (κ1) is 17.7. The Morgan fingerprint density at radius 3 is 2.88 bits per heavy atom. The molecule has 0 amide bonds. The van der Waals surface area contributed by atoms with Crippen LogP contribution in [0.25, 0.3) is 16.3 Å². The molecule has 0 radical (unpaired) electrons. The highest BCUT2D eigenvalue weighted by Gasteiger charge is 2.22. The smallest absolute Gasteiger partial charge is 0.270 e. The maximum absolute atomic E-state index is 12.4. The second-order valence-electron chi connectivity index (χ2n) is 5.31. The van der Waals surface area contributed by atoms with Gasteiger partial charge in [-0.1, -0.05) is 29.8 Å². The zero-order valence-electron chi connectivity index (χ0n) is 13.1. The van der Waals surface area contributed by atoms with Crippen molar-refractivity contribution in [1.29, 1.82) is 5.26 Å². The highest BCUT2D eigenvalue weighted by atomic mass is 35.5. The number of carbonyl (C=O) groups excluding carboxylic acids is 1. The fourth-order valence-electron chi connectivity index (χ4n) is 2.30. The van der Waals surface area contributed by atoms with Gasteiger partial charge in [0.15, 0.2) is 11.7 Å². The number of nitro groups is 1. The van der Waals surface area contributed by atoms with Gasteiger partial charge in [0, 0.05) is 17.2 Å². The minimum absolute atomic E-state index is 0.0699. The van der Waals surface area contributed by atoms with E-state index < -0.39 is 16.6 Å². The number of aromatic nitrogens is 1. The van der Waals surface area contributed by atoms with Crippen LogP contribution in [0, 0.1) is 21.4 Å². The normalized spacial score (nSPS) is 12.2. The Morgan fingerprint density at radius 2 is 2.15 bits per heavy atom. The van der Waals surface area contributed by atoms with Crippen LogP contribution in [0.5, 0.6) is 0 Å². The predicted octanol–water partition coefficient (Wildman–Crippen LogP) is 4.75. The summed E-state index contributed by atoms with van der Waals surface area (Å²) in [5.74, 6) is -1.48. The molecule has 3 aromatic rings. The average molecular weight is 384 g/mol. The summed E-state index contributed by atoms with van der Waals surface area (Å²) in [5, 5.41) is 21.1. The Balaban J connectivity index is 1.85. The van der Waals surface area contributed by atoms with Gasteiger partial charge in [-0.25, -0.2) is 4.98 Å². The van der Waals surface area contributed by atoms with Gasteiger partial charge in [0.1, 0.15) is 5.01 Å². The Hall–Kier alpha value is -3.08. The van der Waals surface area contributed by atoms with Gasteiger partial charge in [-0.2, -0.15) is 5.26 Å². The number of nitrogens with zero attached hydrogens (tertiary/aromatic N) is 3. The summed E-state index contributed by atoms with van der Waals surface area (Å²) in [6.07, 6.45) is 2.69. The van der Waals surface area contributed by atoms with Gasteiger partial charge in [-0.05, 0) is 29.8 Å². The van der Waals surface area contributed by atoms with Crippen LogP contribution in [-0.4, -0.2) is 15.7 Å². The van der Waals surface area contributed by atoms with Crippen molar-refractivity contribution in [3.05, 3.63) is 74.2 Å². The molecule has 2 aromatic carbocycles. The number of fused-ring (bicyclic) bond motifs is 1. The number of carbonyl (C=O) groups is 1. The highest BCUT2D eigenvalue weighted by molar-refractivity contribution is 7.18. The number of hydrogen-bond donors (Lipinski definition) is 0. The van der Waals surface area contributed by atoms with Gasteiger partial charge in [0.25, 0.3) is 5.69 Å². The van der Waals surface area contributed by atoms with E-state index >= 15 is 0 Å². The maximum atomic E-state index is 12.4. The van der Waals surface area contributed by atoms with Crippen molar-refractivity contribution >= 4 is 50.7 Å². The van der Waals surface area contributed by atoms with E-state index in [-0.39, 0.29) is 5.69 Å². The molecule has 1 unspecified atom stereocenters. The number of nitro benzene ring substituents is 1. The lowest BCUT2D eigenvalue weighted by molar-refractivity contribution is -0.384. The van der Waals surface area contributed by atoms with E-state index in [0.717, 1.165) is 4.70 Å². The van der Waals surface area contributed by atoms with E-state index in [1.165, 1.54) is 41.7 Å². The van der Waals surface area contributed by atoms with E-state index in [1.807, 2.05) is 6.07 Å². The second-order valence-corrected chi connectivity index (χ2v) is 6.81. The molecule has 0 aliphatic heterocycles. The van der Waals surface area contributed by atoms with Crippen LogP contribution in [-0.2, 0) is 4.79 Å². The van der Waals surface area contributed by atoms with E-state index in [9.17, 15) is 20.2 Å². The number of rotatable bonds is 5. The molecule has 0 N–H and O–H groups in total. The SMILES string of the molecule is N#CC(C(=O)C=Cc1cccc([N+](=O)[O-])c1)c1nc2cc(Cl)ccc2s1. The highest BCUT2D eigenvalue weighted by Crippen LogP contribution is 2.30. The summed E-state index contributed by atoms with van der Waals surface area (Å²) >= 11 is 7.19. The lowest BCUT2D eigenvalue weighted by Crippen LogP contribution is -2.07. The molecule has 0 bridgehead atoms. The van der Waals surface area contributed by atoms with E-state index in [1.54, 1.807) is 24.3 Å². The number of non-ortho nitro benzene ring substituents is 1. The van der Waals surface area contributed by atoms with Gasteiger partial charge < -0.3 is 0 Å². The summed E-state index contributed by atoms with van der Waals surface area (Å²) in [6.45, 7) is 0. The first-order valence-corrected chi connectivity index (χ1v) is 8.59. The van der Waals surface area contributed by atoms with Crippen LogP contribution in [0.4, 0.5) is 5.69 Å². The molecule has 26 heavy (non-hydrogen) atoms. The molecule has 1 atom stereocenters. The minimum Gasteiger partial charge on any atom is -0.293 e. The molecule has 0 saturated heterocycles. The largest absolute Gasteiger partial charge is 0.293 e. The van der Waals surface area contributed by atoms with Gasteiger partial charge in [-0.3, -0.25) is 14.9 Å². The molecule has 128 valence electrons. The van der Waals surface area contributed by atoms with Gasteiger partial charge >= 0.3 is 0 Å². The topological polar surface area (TPSA) is 96.9 Å². The molecule has 6 nitrogen and oxygen atoms in total. The quantitative estimate of drug-likeness (QED) is 0.360. The van der Waals surface area contributed by atoms with Crippen molar-refractivity contribution < 1.29 is 9.72 Å². The zero-order chi connectivity index (χ0) is 18.7. The second kappa shape index (κ2) is 7.44. The Morgan fingerprint density at radius 1 is 1.35 bits per heavy atom. The number of benzene rings is 2. The molecule has 0 aliphatic carbocycles. The lowest BCUT2D eigenvalue weighted by Gasteiger charge is -2.00. The Bertz CT molecular complexity index is 1080. The van der Waals surface area contributed by atoms with Crippen LogP contribution >= 0.6 is 22.9 Å². The van der Waals surface area contributed by atoms with Gasteiger partial charge in [0.05, 0.1) is 21.2 Å². The summed E-state index contributed by atoms with van der Waals surface area (Å²) in [4.78, 5) is 27.0. The Labute approximate surface area is 157 Å². The van der Waals surface area contributed by atoms with Crippen LogP contribution in [0.2, 0.25) is 5.02 Å². The van der Waals surface area contributed by atoms with Crippen molar-refractivity contribution in [2.24, 2.45) is 0 Å². The lowest BCUT2D eigenvalue weighted by atomic mass is 10.1. The number of halogens is 1. The monoisotopic (exact) mass is 383 g/mol. The fraction of sp³-hybridized carbons (Fsp3) is 0.0556. The third kappa shape index (κ3) is 3.77. The van der Waals surface area contributed by atoms with Crippen LogP contribution in [0.15, 0.2) is 48.5 Å². The fourth-order valence-corrected chi connectivity index (χ4v) is 3.47. The molecule has 8 heteroatoms. The van der Waals surface area contributed by atoms with Crippen molar-refractivity contribution in [3.8, 4) is 6.07 Å². The third-order valence-electron chi connectivity index (χ3n) is 3.55. The molecule has 0 fully saturated rings. The first-order chi connectivity index (χ1) is 12.5. The first-order valence-electron chi connectivity index (χ1n) is 7.40. The van der Waals surface area contributed by atoms with Crippen LogP contribution < -0.4 is 0 Å². The van der Waals surface area contributed by atoms with Crippen molar-refractivity contribution in [1.82, 2.24) is 4.98 Å². The maximum Gasteiger partial charge on any atom is 0.270 e. The van der Waals surface area contributed by atoms with Crippen molar-refractivity contribution in [3.63, 3.8) is 0 Å². The number of allylic oxidation sites excluding steroid dienone is 1. The molecule has 0 saturated carbocycles. The van der Waals surface area contributed by atoms with Crippen molar-refractivity contribution in [2.75, 3.05) is 0 Å². The Kier molecular flexibility index (Phi) is 5.07. The van der Waals surface area contributed by atoms with E-state index in [4.69, 9.17) is 11.6 Å². The molecule has 1 heterocycles. The molecule has 1 aromatic heterocycles. The number of nitriles is 1. The number of ketones is 1. The summed E-state index contributed by atoms with van der Waals surface area (Å²) < 4.78 is 0.833. The predicted molar refractivity (Wildman–Crippen MR) is 100 cm³/mol. The van der Waals surface area contributed by atoms with Gasteiger partial charge in [-0.15, -0.1) is 11.3 Å². The minimum atomic E-state index is -1.04. The summed E-state index contributed by atoms with van der Waals surface area (Å²) in [7, 11) is 0. The molecular formula is C18H10ClN3O3S. The number of hydrogen-bond acceptors (Lipinski definition) is 6. The summed E-state index contributed by atoms with van der Waals surface area (Å²) in [6, 6.07) is 13.0. The molecule has 0 spiro atoms. The average Bonchev–Trinajstić information content (AvgIpc) is 3.03. The van der Waals surface area contributed by atoms with Crippen molar-refractivity contribution in [2.45, 2.75) is 5.92 Å². The standard InChI is InChI=1S/C18H10ClN3O3S/c19-12-5-7-17-15(9-12)21-18(26-17)14(10-20)16(23)6-4-11-2-1-3-13(8-11)22(24)25/h1-9,14H. The molecular weight excluding hydrogens is 374 g/mol. The van der Waals surface area contributed by atoms with Crippen LogP contribution in [0.3, 0.4) is 0 Å². The van der Waals surface area contributed by atoms with E-state index in [0.29, 0.717) is 21.1 Å². The summed E-state index contributed by atoms with van der Waals surface area (Å²) in [5.41, 5.74) is 1.06. The number of thiazole rings is 1. The third-order valence-corrected chi connectivity index (χ3v) is 4.88. The zero-order valence-corrected chi connectivity index (χ0v) is 14.7. The molecule has 3 rings (SSSR count).